The van der Waals surface area contributed by atoms with E-state index in [-0.39, 0.29) is 31.0 Å². The number of ketones is 1. The van der Waals surface area contributed by atoms with Crippen LogP contribution in [0.1, 0.15) is 31.0 Å². The molecule has 2 atom stereocenters. The third kappa shape index (κ3) is 9.83. The van der Waals surface area contributed by atoms with Crippen molar-refractivity contribution in [1.29, 1.82) is 0 Å². The smallest absolute Gasteiger partial charge is 0.289 e. The van der Waals surface area contributed by atoms with Gasteiger partial charge in [-0.3, -0.25) is 24.2 Å². The molecule has 216 valence electrons. The van der Waals surface area contributed by atoms with Crippen LogP contribution in [0.5, 0.6) is 0 Å². The number of ether oxygens (including phenoxy) is 1. The van der Waals surface area contributed by atoms with Crippen molar-refractivity contribution in [3.05, 3.63) is 66.0 Å². The van der Waals surface area contributed by atoms with Crippen molar-refractivity contribution in [2.24, 2.45) is 5.92 Å². The number of rotatable bonds is 14. The lowest BCUT2D eigenvalue weighted by atomic mass is 10.0. The van der Waals surface area contributed by atoms with Crippen LogP contribution in [0.25, 0.3) is 0 Å². The van der Waals surface area contributed by atoms with Gasteiger partial charge in [0.2, 0.25) is 17.6 Å². The van der Waals surface area contributed by atoms with Crippen molar-refractivity contribution in [3.63, 3.8) is 0 Å². The number of nitrogens with one attached hydrogen (secondary N) is 2. The Morgan fingerprint density at radius 3 is 2.38 bits per heavy atom. The highest BCUT2D eigenvalue weighted by Crippen LogP contribution is 2.16. The van der Waals surface area contributed by atoms with Crippen molar-refractivity contribution in [2.75, 3.05) is 38.6 Å². The lowest BCUT2D eigenvalue weighted by molar-refractivity contribution is -0.141. The van der Waals surface area contributed by atoms with Gasteiger partial charge < -0.3 is 20.3 Å². The molecule has 1 saturated heterocycles. The Morgan fingerprint density at radius 2 is 1.73 bits per heavy atom. The minimum absolute atomic E-state index is 0.110. The fourth-order valence-corrected chi connectivity index (χ4v) is 6.01. The summed E-state index contributed by atoms with van der Waals surface area (Å²) in [5, 5.41) is 5.07. The second-order valence-electron chi connectivity index (χ2n) is 9.60. The molecule has 1 aromatic carbocycles. The van der Waals surface area contributed by atoms with Gasteiger partial charge in [-0.25, -0.2) is 8.42 Å². The van der Waals surface area contributed by atoms with Crippen LogP contribution in [-0.2, 0) is 45.9 Å². The number of hydrogen-bond donors (Lipinski definition) is 2. The molecule has 12 heteroatoms. The number of hydrogen-bond acceptors (Lipinski definition) is 8. The van der Waals surface area contributed by atoms with E-state index in [1.165, 1.54) is 4.90 Å². The molecule has 0 spiro atoms. The lowest BCUT2D eigenvalue weighted by Crippen LogP contribution is -2.50. The predicted octanol–water partition coefficient (Wildman–Crippen LogP) is 0.684. The molecule has 1 fully saturated rings. The molecular weight excluding hydrogens is 536 g/mol. The molecule has 3 amide bonds. The van der Waals surface area contributed by atoms with Gasteiger partial charge in [0.05, 0.1) is 36.7 Å². The van der Waals surface area contributed by atoms with Gasteiger partial charge in [-0.05, 0) is 24.1 Å². The van der Waals surface area contributed by atoms with Crippen LogP contribution in [0.15, 0.2) is 54.7 Å². The maximum Gasteiger partial charge on any atom is 0.289 e. The normalized spacial score (nSPS) is 15.1. The molecule has 2 N–H and O–H groups in total. The van der Waals surface area contributed by atoms with E-state index in [0.717, 1.165) is 5.69 Å². The van der Waals surface area contributed by atoms with E-state index >= 15 is 0 Å². The van der Waals surface area contributed by atoms with E-state index < -0.39 is 45.1 Å². The van der Waals surface area contributed by atoms with Crippen LogP contribution in [0.3, 0.4) is 0 Å². The largest absolute Gasteiger partial charge is 0.378 e. The van der Waals surface area contributed by atoms with Gasteiger partial charge in [0.25, 0.3) is 5.91 Å². The molecule has 0 saturated carbocycles. The summed E-state index contributed by atoms with van der Waals surface area (Å²) in [7, 11) is -3.80. The van der Waals surface area contributed by atoms with E-state index in [9.17, 15) is 27.6 Å². The van der Waals surface area contributed by atoms with Crippen LogP contribution in [-0.4, -0.2) is 86.4 Å². The number of morpholine rings is 1. The fraction of sp³-hybridized carbons (Fsp3) is 0.464. The van der Waals surface area contributed by atoms with Gasteiger partial charge in [0.15, 0.2) is 9.84 Å². The molecule has 3 rings (SSSR count). The summed E-state index contributed by atoms with van der Waals surface area (Å²) in [5.41, 5.74) is 1.31. The van der Waals surface area contributed by atoms with E-state index in [1.54, 1.807) is 55.6 Å². The van der Waals surface area contributed by atoms with Crippen LogP contribution in [0, 0.1) is 5.92 Å². The summed E-state index contributed by atoms with van der Waals surface area (Å²) in [4.78, 5) is 57.3. The van der Waals surface area contributed by atoms with Crippen molar-refractivity contribution in [3.8, 4) is 0 Å². The zero-order chi connectivity index (χ0) is 29.0. The number of benzene rings is 1. The molecule has 1 aromatic heterocycles. The lowest BCUT2D eigenvalue weighted by Gasteiger charge is -2.28. The van der Waals surface area contributed by atoms with Gasteiger partial charge in [-0.15, -0.1) is 0 Å². The summed E-state index contributed by atoms with van der Waals surface area (Å²) < 4.78 is 31.4. The Hall–Kier alpha value is -3.64. The quantitative estimate of drug-likeness (QED) is 0.314. The summed E-state index contributed by atoms with van der Waals surface area (Å²) >= 11 is 0. The number of carbonyl (C=O) groups is 4. The molecular formula is C28H36N4O7S. The third-order valence-corrected chi connectivity index (χ3v) is 8.18. The standard InChI is InChI=1S/C28H36N4O7S/c1-2-24(26(34)28(36)30-13-11-23-10-6-7-12-29-23)31-27(35)22(18-25(33)32-14-16-39-17-15-32)20-40(37,38)19-21-8-4-3-5-9-21/h3-10,12,22,24H,2,11,13-20H2,1H3,(H,30,36)(H,31,35). The molecule has 2 aromatic rings. The number of pyridine rings is 1. The summed E-state index contributed by atoms with van der Waals surface area (Å²) in [5.74, 6) is -4.95. The number of sulfone groups is 1. The van der Waals surface area contributed by atoms with E-state index in [1.807, 2.05) is 6.07 Å². The maximum absolute atomic E-state index is 13.3. The highest BCUT2D eigenvalue weighted by Gasteiger charge is 2.33. The number of Topliss-reactive ketones (excluding diaryl/α,β-unsaturated/α-hetero) is 1. The number of nitrogens with zero attached hydrogens (tertiary/aromatic N) is 2. The van der Waals surface area contributed by atoms with Gasteiger partial charge in [0, 0.05) is 44.4 Å². The Labute approximate surface area is 234 Å². The zero-order valence-corrected chi connectivity index (χ0v) is 23.4. The van der Waals surface area contributed by atoms with Crippen molar-refractivity contribution in [1.82, 2.24) is 20.5 Å². The Balaban J connectivity index is 1.66. The second kappa shape index (κ2) is 15.2. The number of aromatic nitrogens is 1. The maximum atomic E-state index is 13.3. The first-order valence-corrected chi connectivity index (χ1v) is 15.1. The summed E-state index contributed by atoms with van der Waals surface area (Å²) in [6, 6.07) is 12.8. The van der Waals surface area contributed by atoms with Crippen LogP contribution in [0.2, 0.25) is 0 Å². The van der Waals surface area contributed by atoms with Gasteiger partial charge >= 0.3 is 0 Å². The first-order chi connectivity index (χ1) is 19.2. The molecule has 0 radical (unpaired) electrons. The third-order valence-electron chi connectivity index (χ3n) is 6.50. The highest BCUT2D eigenvalue weighted by molar-refractivity contribution is 7.90. The number of carbonyl (C=O) groups excluding carboxylic acids is 4. The monoisotopic (exact) mass is 572 g/mol. The fourth-order valence-electron chi connectivity index (χ4n) is 4.31. The molecule has 0 aliphatic carbocycles. The molecule has 2 unspecified atom stereocenters. The average Bonchev–Trinajstić information content (AvgIpc) is 2.96. The summed E-state index contributed by atoms with van der Waals surface area (Å²) in [6.45, 7) is 3.22. The molecule has 0 bridgehead atoms. The Kier molecular flexibility index (Phi) is 11.8. The molecule has 2 heterocycles. The van der Waals surface area contributed by atoms with E-state index in [2.05, 4.69) is 15.6 Å². The molecule has 1 aliphatic heterocycles. The van der Waals surface area contributed by atoms with Crippen molar-refractivity contribution >= 4 is 33.3 Å². The number of amides is 3. The zero-order valence-electron chi connectivity index (χ0n) is 22.6. The minimum Gasteiger partial charge on any atom is -0.378 e. The van der Waals surface area contributed by atoms with Crippen LogP contribution >= 0.6 is 0 Å². The first kappa shape index (κ1) is 30.9. The Morgan fingerprint density at radius 1 is 1.02 bits per heavy atom. The molecule has 1 aliphatic rings. The molecule has 11 nitrogen and oxygen atoms in total. The van der Waals surface area contributed by atoms with E-state index in [0.29, 0.717) is 38.3 Å². The van der Waals surface area contributed by atoms with Crippen LogP contribution in [0.4, 0.5) is 0 Å². The minimum atomic E-state index is -3.80. The van der Waals surface area contributed by atoms with Crippen molar-refractivity contribution in [2.45, 2.75) is 38.0 Å². The summed E-state index contributed by atoms with van der Waals surface area (Å²) in [6.07, 6.45) is 1.82. The topological polar surface area (TPSA) is 152 Å². The van der Waals surface area contributed by atoms with Crippen molar-refractivity contribution < 1.29 is 32.3 Å². The Bertz CT molecular complexity index is 1250. The van der Waals surface area contributed by atoms with Gasteiger partial charge in [0.1, 0.15) is 0 Å². The average molecular weight is 573 g/mol. The van der Waals surface area contributed by atoms with E-state index in [4.69, 9.17) is 4.74 Å². The second-order valence-corrected chi connectivity index (χ2v) is 11.7. The SMILES string of the molecule is CCC(NC(=O)C(CC(=O)N1CCOCC1)CS(=O)(=O)Cc1ccccc1)C(=O)C(=O)NCCc1ccccn1. The van der Waals surface area contributed by atoms with Gasteiger partial charge in [-0.2, -0.15) is 0 Å². The predicted molar refractivity (Wildman–Crippen MR) is 148 cm³/mol. The van der Waals surface area contributed by atoms with Crippen LogP contribution < -0.4 is 10.6 Å². The van der Waals surface area contributed by atoms with Gasteiger partial charge in [-0.1, -0.05) is 43.3 Å². The first-order valence-electron chi connectivity index (χ1n) is 13.3. The molecule has 40 heavy (non-hydrogen) atoms. The highest BCUT2D eigenvalue weighted by atomic mass is 32.2.